The van der Waals surface area contributed by atoms with Gasteiger partial charge < -0.3 is 20.7 Å². The molecule has 1 saturated heterocycles. The quantitative estimate of drug-likeness (QED) is 0.422. The molecule has 23 heavy (non-hydrogen) atoms. The van der Waals surface area contributed by atoms with Crippen LogP contribution in [0.2, 0.25) is 0 Å². The summed E-state index contributed by atoms with van der Waals surface area (Å²) in [4.78, 5) is 16.1. The lowest BCUT2D eigenvalue weighted by Crippen LogP contribution is -2.41. The van der Waals surface area contributed by atoms with Gasteiger partial charge in [0.2, 0.25) is 5.95 Å². The van der Waals surface area contributed by atoms with E-state index < -0.39 is 41.3 Å². The predicted molar refractivity (Wildman–Crippen MR) is 79.1 cm³/mol. The molecule has 0 bridgehead atoms. The SMILES string of the molecule is C#CC1(Cl)[C@@H](O)[C@@H](CO)O[C@H]1n1cc(F)c2c(=O)[nH]c(N)nc21. The van der Waals surface area contributed by atoms with Crippen LogP contribution in [0.3, 0.4) is 0 Å². The van der Waals surface area contributed by atoms with Gasteiger partial charge in [0.25, 0.3) is 5.56 Å². The molecule has 2 aromatic rings. The fourth-order valence-corrected chi connectivity index (χ4v) is 2.93. The average Bonchev–Trinajstić information content (AvgIpc) is 2.95. The zero-order valence-electron chi connectivity index (χ0n) is 11.5. The highest BCUT2D eigenvalue weighted by molar-refractivity contribution is 6.27. The molecule has 0 amide bonds. The van der Waals surface area contributed by atoms with Gasteiger partial charge in [0.15, 0.2) is 22.6 Å². The van der Waals surface area contributed by atoms with Gasteiger partial charge in [-0.3, -0.25) is 14.3 Å². The second-order valence-corrected chi connectivity index (χ2v) is 5.73. The molecule has 4 atom stereocenters. The van der Waals surface area contributed by atoms with Crippen LogP contribution in [0, 0.1) is 18.2 Å². The maximum absolute atomic E-state index is 14.1. The molecular weight excluding hydrogens is 331 g/mol. The van der Waals surface area contributed by atoms with E-state index in [1.54, 1.807) is 0 Å². The van der Waals surface area contributed by atoms with Crippen LogP contribution in [0.25, 0.3) is 11.0 Å². The Morgan fingerprint density at radius 1 is 1.70 bits per heavy atom. The van der Waals surface area contributed by atoms with Gasteiger partial charge >= 0.3 is 0 Å². The van der Waals surface area contributed by atoms with E-state index in [2.05, 4.69) is 15.9 Å². The Morgan fingerprint density at radius 2 is 2.39 bits per heavy atom. The maximum atomic E-state index is 14.1. The Balaban J connectivity index is 2.25. The Kier molecular flexibility index (Phi) is 3.57. The molecule has 5 N–H and O–H groups in total. The van der Waals surface area contributed by atoms with Crippen molar-refractivity contribution in [3.05, 3.63) is 22.4 Å². The number of aliphatic hydroxyl groups is 2. The minimum atomic E-state index is -1.79. The average molecular weight is 343 g/mol. The highest BCUT2D eigenvalue weighted by atomic mass is 35.5. The third-order valence-corrected chi connectivity index (χ3v) is 4.27. The van der Waals surface area contributed by atoms with Crippen molar-refractivity contribution in [1.29, 1.82) is 0 Å². The number of fused-ring (bicyclic) bond motifs is 1. The van der Waals surface area contributed by atoms with E-state index in [-0.39, 0.29) is 17.0 Å². The normalized spacial score (nSPS) is 30.7. The summed E-state index contributed by atoms with van der Waals surface area (Å²) in [7, 11) is 0. The number of nitrogens with two attached hydrogens (primary N) is 1. The van der Waals surface area contributed by atoms with Crippen molar-refractivity contribution in [2.24, 2.45) is 0 Å². The number of halogens is 2. The fourth-order valence-electron chi connectivity index (χ4n) is 2.63. The van der Waals surface area contributed by atoms with E-state index in [0.717, 1.165) is 10.8 Å². The van der Waals surface area contributed by atoms with Gasteiger partial charge in [-0.25, -0.2) is 4.39 Å². The third-order valence-electron chi connectivity index (χ3n) is 3.75. The molecule has 0 aromatic carbocycles. The van der Waals surface area contributed by atoms with Gasteiger partial charge in [-0.2, -0.15) is 4.98 Å². The number of aromatic amines is 1. The number of nitrogens with zero attached hydrogens (tertiary/aromatic N) is 2. The van der Waals surface area contributed by atoms with Crippen LogP contribution < -0.4 is 11.3 Å². The number of nitrogens with one attached hydrogen (secondary N) is 1. The molecule has 3 heterocycles. The van der Waals surface area contributed by atoms with Crippen LogP contribution in [-0.2, 0) is 4.74 Å². The molecular formula is C13H12ClFN4O4. The molecule has 1 unspecified atom stereocenters. The molecule has 0 aliphatic carbocycles. The largest absolute Gasteiger partial charge is 0.394 e. The first kappa shape index (κ1) is 15.8. The molecule has 10 heteroatoms. The lowest BCUT2D eigenvalue weighted by atomic mass is 9.99. The second kappa shape index (κ2) is 5.21. The number of H-pyrrole nitrogens is 1. The summed E-state index contributed by atoms with van der Waals surface area (Å²) in [5.74, 6) is 1.08. The molecule has 0 radical (unpaired) electrons. The lowest BCUT2D eigenvalue weighted by molar-refractivity contribution is -0.0436. The summed E-state index contributed by atoms with van der Waals surface area (Å²) in [6, 6.07) is 0. The molecule has 0 saturated carbocycles. The first-order valence-corrected chi connectivity index (χ1v) is 6.88. The second-order valence-electron chi connectivity index (χ2n) is 5.10. The van der Waals surface area contributed by atoms with Gasteiger partial charge in [-0.1, -0.05) is 17.5 Å². The molecule has 1 aliphatic heterocycles. The van der Waals surface area contributed by atoms with Gasteiger partial charge in [0.05, 0.1) is 6.61 Å². The van der Waals surface area contributed by atoms with Crippen LogP contribution in [0.15, 0.2) is 11.0 Å². The number of nitrogen functional groups attached to an aromatic ring is 1. The Hall–Kier alpha value is -2.12. The molecule has 0 spiro atoms. The topological polar surface area (TPSA) is 126 Å². The number of terminal acetylenes is 1. The van der Waals surface area contributed by atoms with Crippen molar-refractivity contribution in [2.75, 3.05) is 12.3 Å². The van der Waals surface area contributed by atoms with E-state index in [1.165, 1.54) is 0 Å². The van der Waals surface area contributed by atoms with Crippen LogP contribution in [0.4, 0.5) is 10.3 Å². The van der Waals surface area contributed by atoms with Crippen molar-refractivity contribution in [1.82, 2.24) is 14.5 Å². The van der Waals surface area contributed by atoms with Crippen molar-refractivity contribution in [3.63, 3.8) is 0 Å². The summed E-state index contributed by atoms with van der Waals surface area (Å²) in [5, 5.41) is 19.1. The van der Waals surface area contributed by atoms with Crippen molar-refractivity contribution in [3.8, 4) is 12.3 Å². The maximum Gasteiger partial charge on any atom is 0.264 e. The van der Waals surface area contributed by atoms with E-state index in [1.807, 2.05) is 0 Å². The van der Waals surface area contributed by atoms with Gasteiger partial charge in [0, 0.05) is 6.20 Å². The van der Waals surface area contributed by atoms with E-state index >= 15 is 0 Å². The molecule has 2 aromatic heterocycles. The van der Waals surface area contributed by atoms with Crippen molar-refractivity contribution < 1.29 is 19.3 Å². The number of hydrogen-bond donors (Lipinski definition) is 4. The Bertz CT molecular complexity index is 875. The smallest absolute Gasteiger partial charge is 0.264 e. The first-order valence-electron chi connectivity index (χ1n) is 6.50. The Morgan fingerprint density at radius 3 is 3.00 bits per heavy atom. The molecule has 3 rings (SSSR count). The van der Waals surface area contributed by atoms with Crippen LogP contribution >= 0.6 is 11.6 Å². The summed E-state index contributed by atoms with van der Waals surface area (Å²) in [6.45, 7) is -0.550. The zero-order valence-corrected chi connectivity index (χ0v) is 12.3. The number of anilines is 1. The number of aromatic nitrogens is 3. The third kappa shape index (κ3) is 2.11. The van der Waals surface area contributed by atoms with E-state index in [9.17, 15) is 19.4 Å². The molecule has 122 valence electrons. The standard InChI is InChI=1S/C13H12ClFN4O4/c1-2-13(14)8(21)6(4-20)23-11(13)19-3-5(15)7-9(19)17-12(16)18-10(7)22/h1,3,6,8,11,20-21H,4H2,(H3,16,17,18,22)/t6-,8+,11-,13?/m1/s1. The minimum Gasteiger partial charge on any atom is -0.394 e. The minimum absolute atomic E-state index is 0.139. The lowest BCUT2D eigenvalue weighted by Gasteiger charge is -2.25. The summed E-state index contributed by atoms with van der Waals surface area (Å²) < 4.78 is 20.6. The van der Waals surface area contributed by atoms with Gasteiger partial charge in [-0.15, -0.1) is 6.42 Å². The highest BCUT2D eigenvalue weighted by Gasteiger charge is 2.55. The van der Waals surface area contributed by atoms with Gasteiger partial charge in [0.1, 0.15) is 17.6 Å². The monoisotopic (exact) mass is 342 g/mol. The summed E-state index contributed by atoms with van der Waals surface area (Å²) in [6.07, 6.45) is 2.57. The highest BCUT2D eigenvalue weighted by Crippen LogP contribution is 2.44. The number of ether oxygens (including phenoxy) is 1. The zero-order chi connectivity index (χ0) is 16.9. The van der Waals surface area contributed by atoms with Crippen LogP contribution in [0.1, 0.15) is 6.23 Å². The van der Waals surface area contributed by atoms with Crippen LogP contribution in [0.5, 0.6) is 0 Å². The number of hydrogen-bond acceptors (Lipinski definition) is 6. The number of alkyl halides is 1. The fraction of sp³-hybridized carbons (Fsp3) is 0.385. The number of aliphatic hydroxyl groups excluding tert-OH is 2. The van der Waals surface area contributed by atoms with E-state index in [4.69, 9.17) is 28.5 Å². The van der Waals surface area contributed by atoms with Crippen molar-refractivity contribution >= 4 is 28.6 Å². The van der Waals surface area contributed by atoms with Gasteiger partial charge in [-0.05, 0) is 0 Å². The van der Waals surface area contributed by atoms with Crippen molar-refractivity contribution in [2.45, 2.75) is 23.3 Å². The molecule has 8 nitrogen and oxygen atoms in total. The first-order chi connectivity index (χ1) is 10.8. The summed E-state index contributed by atoms with van der Waals surface area (Å²) >= 11 is 6.26. The molecule has 1 aliphatic rings. The predicted octanol–water partition coefficient (Wildman–Crippen LogP) is -0.693. The van der Waals surface area contributed by atoms with E-state index in [0.29, 0.717) is 0 Å². The van der Waals surface area contributed by atoms with Crippen LogP contribution in [-0.4, -0.2) is 48.4 Å². The summed E-state index contributed by atoms with van der Waals surface area (Å²) in [5.41, 5.74) is 4.56. The molecule has 1 fully saturated rings. The number of rotatable bonds is 2. The Labute approximate surface area is 133 Å².